The normalized spacial score (nSPS) is 16.7. The predicted octanol–water partition coefficient (Wildman–Crippen LogP) is 3.75. The van der Waals surface area contributed by atoms with Crippen molar-refractivity contribution in [2.45, 2.75) is 33.1 Å². The minimum absolute atomic E-state index is 0.0392. The van der Waals surface area contributed by atoms with Crippen molar-refractivity contribution in [3.05, 3.63) is 40.8 Å². The van der Waals surface area contributed by atoms with Crippen LogP contribution in [0.4, 0.5) is 0 Å². The minimum atomic E-state index is 0.0392. The Bertz CT molecular complexity index is 1210. The Labute approximate surface area is 150 Å². The van der Waals surface area contributed by atoms with Gasteiger partial charge in [0.1, 0.15) is 0 Å². The maximum Gasteiger partial charge on any atom is 0.0931 e. The van der Waals surface area contributed by atoms with Crippen LogP contribution < -0.4 is 0 Å². The zero-order valence-electron chi connectivity index (χ0n) is 14.7. The third-order valence-corrected chi connectivity index (χ3v) is 5.53. The summed E-state index contributed by atoms with van der Waals surface area (Å²) in [6.07, 6.45) is 4.35. The van der Waals surface area contributed by atoms with Crippen molar-refractivity contribution in [2.75, 3.05) is 0 Å². The summed E-state index contributed by atoms with van der Waals surface area (Å²) in [5.41, 5.74) is 8.48. The smallest absolute Gasteiger partial charge is 0.0931 e. The summed E-state index contributed by atoms with van der Waals surface area (Å²) in [6, 6.07) is 6.52. The molecule has 0 saturated heterocycles. The molecule has 128 valence electrons. The number of aromatic amines is 2. The maximum absolute atomic E-state index is 9.48. The van der Waals surface area contributed by atoms with Crippen LogP contribution in [0.15, 0.2) is 18.3 Å². The molecule has 1 aliphatic carbocycles. The van der Waals surface area contributed by atoms with Crippen molar-refractivity contribution >= 4 is 21.8 Å². The highest BCUT2D eigenvalue weighted by atomic mass is 15.1. The van der Waals surface area contributed by atoms with E-state index >= 15 is 0 Å². The molecule has 26 heavy (non-hydrogen) atoms. The molecule has 6 heteroatoms. The van der Waals surface area contributed by atoms with E-state index in [0.29, 0.717) is 0 Å². The van der Waals surface area contributed by atoms with Crippen LogP contribution in [0.25, 0.3) is 33.1 Å². The summed E-state index contributed by atoms with van der Waals surface area (Å²) in [7, 11) is 0. The molecule has 1 aliphatic rings. The van der Waals surface area contributed by atoms with Crippen LogP contribution in [0.5, 0.6) is 0 Å². The maximum atomic E-state index is 9.48. The monoisotopic (exact) mass is 342 g/mol. The van der Waals surface area contributed by atoms with Crippen LogP contribution in [-0.2, 0) is 12.8 Å². The van der Waals surface area contributed by atoms with E-state index in [4.69, 9.17) is 4.98 Å². The summed E-state index contributed by atoms with van der Waals surface area (Å²) in [4.78, 5) is 5.02. The van der Waals surface area contributed by atoms with E-state index in [2.05, 4.69) is 33.4 Å². The lowest BCUT2D eigenvalue weighted by Gasteiger charge is -2.24. The molecule has 0 spiro atoms. The van der Waals surface area contributed by atoms with Crippen LogP contribution in [0.3, 0.4) is 0 Å². The molecule has 0 fully saturated rings. The fourth-order valence-corrected chi connectivity index (χ4v) is 4.22. The van der Waals surface area contributed by atoms with E-state index in [1.165, 1.54) is 16.5 Å². The number of aryl methyl sites for hydroxylation is 3. The van der Waals surface area contributed by atoms with Gasteiger partial charge < -0.3 is 0 Å². The van der Waals surface area contributed by atoms with E-state index in [-0.39, 0.29) is 5.92 Å². The van der Waals surface area contributed by atoms with Gasteiger partial charge in [-0.2, -0.15) is 15.5 Å². The number of benzene rings is 1. The van der Waals surface area contributed by atoms with Gasteiger partial charge in [-0.3, -0.25) is 10.2 Å². The Morgan fingerprint density at radius 1 is 1.08 bits per heavy atom. The molecule has 0 saturated carbocycles. The first-order valence-corrected chi connectivity index (χ1v) is 8.86. The summed E-state index contributed by atoms with van der Waals surface area (Å²) in [6.45, 7) is 4.06. The molecule has 1 atom stereocenters. The first-order valence-electron chi connectivity index (χ1n) is 8.86. The van der Waals surface area contributed by atoms with Crippen LogP contribution in [-0.4, -0.2) is 25.4 Å². The average Bonchev–Trinajstić information content (AvgIpc) is 3.26. The van der Waals surface area contributed by atoms with Crippen LogP contribution in [0, 0.1) is 31.1 Å². The fraction of sp³-hybridized carbons (Fsp3) is 0.300. The van der Waals surface area contributed by atoms with Gasteiger partial charge in [-0.15, -0.1) is 0 Å². The van der Waals surface area contributed by atoms with Crippen molar-refractivity contribution in [1.29, 1.82) is 5.26 Å². The summed E-state index contributed by atoms with van der Waals surface area (Å²) >= 11 is 0. The van der Waals surface area contributed by atoms with E-state index in [0.717, 1.165) is 58.3 Å². The van der Waals surface area contributed by atoms with Gasteiger partial charge in [0.15, 0.2) is 0 Å². The molecule has 6 nitrogen and oxygen atoms in total. The van der Waals surface area contributed by atoms with E-state index < -0.39 is 0 Å². The zero-order valence-corrected chi connectivity index (χ0v) is 14.7. The van der Waals surface area contributed by atoms with Gasteiger partial charge in [0.2, 0.25) is 0 Å². The van der Waals surface area contributed by atoms with Gasteiger partial charge in [0.25, 0.3) is 0 Å². The molecule has 0 amide bonds. The SMILES string of the molecule is Cc1[nH]ncc1-c1nc2ccc3n[nH]c(C)c3c2c2c1CC(C#N)CC2. The van der Waals surface area contributed by atoms with Gasteiger partial charge in [0.05, 0.1) is 34.9 Å². The Morgan fingerprint density at radius 3 is 2.69 bits per heavy atom. The minimum Gasteiger partial charge on any atom is -0.282 e. The summed E-state index contributed by atoms with van der Waals surface area (Å²) < 4.78 is 0. The number of pyridine rings is 1. The zero-order chi connectivity index (χ0) is 17.8. The van der Waals surface area contributed by atoms with Gasteiger partial charge >= 0.3 is 0 Å². The lowest BCUT2D eigenvalue weighted by atomic mass is 9.80. The van der Waals surface area contributed by atoms with Crippen molar-refractivity contribution in [3.8, 4) is 17.3 Å². The first kappa shape index (κ1) is 15.1. The third-order valence-electron chi connectivity index (χ3n) is 5.53. The number of nitrogens with one attached hydrogen (secondary N) is 2. The predicted molar refractivity (Wildman–Crippen MR) is 99.6 cm³/mol. The van der Waals surface area contributed by atoms with Gasteiger partial charge in [-0.05, 0) is 56.4 Å². The number of nitrogens with zero attached hydrogens (tertiary/aromatic N) is 4. The van der Waals surface area contributed by atoms with Gasteiger partial charge in [0, 0.05) is 27.7 Å². The van der Waals surface area contributed by atoms with Crippen molar-refractivity contribution in [2.24, 2.45) is 5.92 Å². The molecule has 0 radical (unpaired) electrons. The van der Waals surface area contributed by atoms with E-state index in [1.54, 1.807) is 0 Å². The molecular formula is C20H18N6. The third kappa shape index (κ3) is 2.00. The largest absolute Gasteiger partial charge is 0.282 e. The number of nitriles is 1. The Morgan fingerprint density at radius 2 is 1.92 bits per heavy atom. The molecule has 0 aliphatic heterocycles. The number of hydrogen-bond donors (Lipinski definition) is 2. The molecule has 1 aromatic carbocycles. The average molecular weight is 342 g/mol. The Kier molecular flexibility index (Phi) is 3.13. The van der Waals surface area contributed by atoms with Crippen molar-refractivity contribution in [3.63, 3.8) is 0 Å². The fourth-order valence-electron chi connectivity index (χ4n) is 4.22. The molecule has 5 rings (SSSR count). The molecule has 3 heterocycles. The molecule has 3 aromatic heterocycles. The van der Waals surface area contributed by atoms with Crippen LogP contribution in [0.2, 0.25) is 0 Å². The van der Waals surface area contributed by atoms with Crippen LogP contribution >= 0.6 is 0 Å². The Balaban J connectivity index is 1.93. The molecule has 1 unspecified atom stereocenters. The molecule has 0 bridgehead atoms. The highest BCUT2D eigenvalue weighted by Crippen LogP contribution is 2.40. The van der Waals surface area contributed by atoms with E-state index in [9.17, 15) is 5.26 Å². The van der Waals surface area contributed by atoms with Crippen molar-refractivity contribution in [1.82, 2.24) is 25.4 Å². The second-order valence-electron chi connectivity index (χ2n) is 7.10. The van der Waals surface area contributed by atoms with Gasteiger partial charge in [-0.1, -0.05) is 0 Å². The molecule has 4 aromatic rings. The Hall–Kier alpha value is -3.20. The highest BCUT2D eigenvalue weighted by molar-refractivity contribution is 6.09. The first-order chi connectivity index (χ1) is 12.7. The van der Waals surface area contributed by atoms with E-state index in [1.807, 2.05) is 25.3 Å². The number of fused-ring (bicyclic) bond motifs is 5. The lowest BCUT2D eigenvalue weighted by Crippen LogP contribution is -2.15. The number of rotatable bonds is 1. The lowest BCUT2D eigenvalue weighted by molar-refractivity contribution is 0.567. The topological polar surface area (TPSA) is 94.0 Å². The molecule has 2 N–H and O–H groups in total. The van der Waals surface area contributed by atoms with Crippen LogP contribution in [0.1, 0.15) is 28.9 Å². The number of H-pyrrole nitrogens is 2. The molecular weight excluding hydrogens is 324 g/mol. The second kappa shape index (κ2) is 5.40. The second-order valence-corrected chi connectivity index (χ2v) is 7.10. The number of hydrogen-bond acceptors (Lipinski definition) is 4. The van der Waals surface area contributed by atoms with Gasteiger partial charge in [-0.25, -0.2) is 4.98 Å². The summed E-state index contributed by atoms with van der Waals surface area (Å²) in [5.74, 6) is 0.0392. The standard InChI is InChI=1S/C20H18N6/c1-10-15(9-22-24-10)20-14-7-12(8-21)3-4-13(14)19-16(23-20)5-6-17-18(19)11(2)25-26-17/h5-6,9,12H,3-4,7H2,1-2H3,(H,22,24)(H,25,26). The van der Waals surface area contributed by atoms with Crippen molar-refractivity contribution < 1.29 is 0 Å². The number of aromatic nitrogens is 5. The summed E-state index contributed by atoms with van der Waals surface area (Å²) in [5, 5.41) is 26.5. The quantitative estimate of drug-likeness (QED) is 0.551. The highest BCUT2D eigenvalue weighted by Gasteiger charge is 2.27.